The van der Waals surface area contributed by atoms with Crippen LogP contribution in [0.1, 0.15) is 17.5 Å². The molecule has 1 N–H and O–H groups in total. The van der Waals surface area contributed by atoms with E-state index in [9.17, 15) is 4.79 Å². The van der Waals surface area contributed by atoms with Crippen LogP contribution in [0.4, 0.5) is 0 Å². The van der Waals surface area contributed by atoms with Gasteiger partial charge < -0.3 is 10.0 Å². The first kappa shape index (κ1) is 17.3. The van der Waals surface area contributed by atoms with Gasteiger partial charge in [-0.05, 0) is 31.5 Å². The van der Waals surface area contributed by atoms with Crippen LogP contribution in [-0.4, -0.2) is 65.9 Å². The number of rotatable bonds is 6. The monoisotopic (exact) mass is 322 g/mol. The molecular formula is C17H26N2O2S. The van der Waals surface area contributed by atoms with Gasteiger partial charge in [0.1, 0.15) is 0 Å². The number of carbonyl (C=O) groups excluding carboxylic acids is 1. The lowest BCUT2D eigenvalue weighted by Crippen LogP contribution is -2.53. The molecule has 1 atom stereocenters. The molecule has 2 rings (SSSR count). The van der Waals surface area contributed by atoms with Gasteiger partial charge >= 0.3 is 0 Å². The number of aryl methyl sites for hydroxylation is 1. The van der Waals surface area contributed by atoms with Crippen LogP contribution in [0.5, 0.6) is 0 Å². The quantitative estimate of drug-likeness (QED) is 0.867. The van der Waals surface area contributed by atoms with Crippen molar-refractivity contribution in [3.05, 3.63) is 35.4 Å². The van der Waals surface area contributed by atoms with Crippen molar-refractivity contribution in [1.29, 1.82) is 0 Å². The predicted molar refractivity (Wildman–Crippen MR) is 92.0 cm³/mol. The van der Waals surface area contributed by atoms with Crippen LogP contribution in [-0.2, 0) is 10.5 Å². The average Bonchev–Trinajstić information content (AvgIpc) is 2.51. The summed E-state index contributed by atoms with van der Waals surface area (Å²) in [5, 5.41) is 9.12. The van der Waals surface area contributed by atoms with E-state index in [1.807, 2.05) is 17.0 Å². The Morgan fingerprint density at radius 2 is 2.14 bits per heavy atom. The molecule has 0 aliphatic carbocycles. The second-order valence-electron chi connectivity index (χ2n) is 5.91. The SMILES string of the molecule is Cc1ccccc1CSCC(=O)N1CCN(C)[C@@H](CCO)C1. The van der Waals surface area contributed by atoms with Gasteiger partial charge in [-0.3, -0.25) is 9.69 Å². The number of aliphatic hydroxyl groups is 1. The van der Waals surface area contributed by atoms with E-state index in [1.54, 1.807) is 11.8 Å². The number of aliphatic hydroxyl groups excluding tert-OH is 1. The molecule has 1 heterocycles. The van der Waals surface area contributed by atoms with Crippen molar-refractivity contribution in [2.45, 2.75) is 25.1 Å². The highest BCUT2D eigenvalue weighted by Gasteiger charge is 2.26. The molecule has 1 saturated heterocycles. The molecule has 122 valence electrons. The maximum atomic E-state index is 12.4. The van der Waals surface area contributed by atoms with Crippen molar-refractivity contribution in [2.75, 3.05) is 39.0 Å². The van der Waals surface area contributed by atoms with Gasteiger partial charge in [0.2, 0.25) is 5.91 Å². The number of nitrogens with zero attached hydrogens (tertiary/aromatic N) is 2. The van der Waals surface area contributed by atoms with Gasteiger partial charge in [-0.2, -0.15) is 0 Å². The molecule has 1 aromatic rings. The van der Waals surface area contributed by atoms with Gasteiger partial charge in [-0.1, -0.05) is 24.3 Å². The molecule has 0 radical (unpaired) electrons. The van der Waals surface area contributed by atoms with Crippen LogP contribution >= 0.6 is 11.8 Å². The number of hydrogen-bond acceptors (Lipinski definition) is 4. The Bertz CT molecular complexity index is 495. The fraction of sp³-hybridized carbons (Fsp3) is 0.588. The molecule has 0 aromatic heterocycles. The fourth-order valence-electron chi connectivity index (χ4n) is 2.74. The summed E-state index contributed by atoms with van der Waals surface area (Å²) >= 11 is 1.68. The van der Waals surface area contributed by atoms with Crippen molar-refractivity contribution in [3.63, 3.8) is 0 Å². The van der Waals surface area contributed by atoms with Gasteiger partial charge in [0.15, 0.2) is 0 Å². The molecule has 22 heavy (non-hydrogen) atoms. The molecule has 0 spiro atoms. The van der Waals surface area contributed by atoms with Crippen LogP contribution in [0.25, 0.3) is 0 Å². The second-order valence-corrected chi connectivity index (χ2v) is 6.89. The topological polar surface area (TPSA) is 43.8 Å². The van der Waals surface area contributed by atoms with Crippen molar-refractivity contribution in [2.24, 2.45) is 0 Å². The molecule has 4 nitrogen and oxygen atoms in total. The Morgan fingerprint density at radius 3 is 2.86 bits per heavy atom. The first-order chi connectivity index (χ1) is 10.6. The maximum Gasteiger partial charge on any atom is 0.232 e. The highest BCUT2D eigenvalue weighted by molar-refractivity contribution is 7.99. The first-order valence-electron chi connectivity index (χ1n) is 7.83. The van der Waals surface area contributed by atoms with E-state index < -0.39 is 0 Å². The zero-order valence-electron chi connectivity index (χ0n) is 13.5. The van der Waals surface area contributed by atoms with E-state index in [1.165, 1.54) is 11.1 Å². The summed E-state index contributed by atoms with van der Waals surface area (Å²) in [4.78, 5) is 16.5. The van der Waals surface area contributed by atoms with Crippen molar-refractivity contribution < 1.29 is 9.90 Å². The fourth-order valence-corrected chi connectivity index (χ4v) is 3.75. The summed E-state index contributed by atoms with van der Waals surface area (Å²) in [6, 6.07) is 8.60. The third kappa shape index (κ3) is 4.73. The highest BCUT2D eigenvalue weighted by Crippen LogP contribution is 2.17. The molecule has 1 aliphatic heterocycles. The molecule has 0 bridgehead atoms. The molecule has 0 unspecified atom stereocenters. The number of thioether (sulfide) groups is 1. The third-order valence-electron chi connectivity index (χ3n) is 4.34. The Kier molecular flexibility index (Phi) is 6.73. The summed E-state index contributed by atoms with van der Waals surface area (Å²) < 4.78 is 0. The molecule has 1 aromatic carbocycles. The molecule has 1 aliphatic rings. The van der Waals surface area contributed by atoms with Gasteiger partial charge in [0.25, 0.3) is 0 Å². The Balaban J connectivity index is 1.78. The first-order valence-corrected chi connectivity index (χ1v) is 8.98. The van der Waals surface area contributed by atoms with Crippen LogP contribution in [0, 0.1) is 6.92 Å². The minimum atomic E-state index is 0.180. The Morgan fingerprint density at radius 1 is 1.36 bits per heavy atom. The van der Waals surface area contributed by atoms with Gasteiger partial charge in [-0.15, -0.1) is 11.8 Å². The highest BCUT2D eigenvalue weighted by atomic mass is 32.2. The summed E-state index contributed by atoms with van der Waals surface area (Å²) in [6.45, 7) is 4.71. The number of carbonyl (C=O) groups is 1. The lowest BCUT2D eigenvalue weighted by atomic mass is 10.1. The number of amides is 1. The van der Waals surface area contributed by atoms with E-state index in [0.29, 0.717) is 5.75 Å². The lowest BCUT2D eigenvalue weighted by Gasteiger charge is -2.39. The summed E-state index contributed by atoms with van der Waals surface area (Å²) in [7, 11) is 2.06. The van der Waals surface area contributed by atoms with Gasteiger partial charge in [0, 0.05) is 38.0 Å². The van der Waals surface area contributed by atoms with E-state index >= 15 is 0 Å². The minimum absolute atomic E-state index is 0.180. The van der Waals surface area contributed by atoms with E-state index in [4.69, 9.17) is 5.11 Å². The van der Waals surface area contributed by atoms with Gasteiger partial charge in [0.05, 0.1) is 5.75 Å². The Labute approximate surface area is 137 Å². The molecule has 1 amide bonds. The number of hydrogen-bond donors (Lipinski definition) is 1. The van der Waals surface area contributed by atoms with E-state index in [2.05, 4.69) is 31.0 Å². The second kappa shape index (κ2) is 8.56. The van der Waals surface area contributed by atoms with Crippen LogP contribution in [0.15, 0.2) is 24.3 Å². The largest absolute Gasteiger partial charge is 0.396 e. The van der Waals surface area contributed by atoms with Crippen molar-refractivity contribution >= 4 is 17.7 Å². The van der Waals surface area contributed by atoms with Crippen LogP contribution in [0.2, 0.25) is 0 Å². The minimum Gasteiger partial charge on any atom is -0.396 e. The molecule has 5 heteroatoms. The van der Waals surface area contributed by atoms with E-state index in [-0.39, 0.29) is 18.6 Å². The van der Waals surface area contributed by atoms with E-state index in [0.717, 1.165) is 31.8 Å². The summed E-state index contributed by atoms with van der Waals surface area (Å²) in [5.41, 5.74) is 2.59. The number of likely N-dealkylation sites (N-methyl/N-ethyl adjacent to an activating group) is 1. The van der Waals surface area contributed by atoms with Crippen molar-refractivity contribution in [3.8, 4) is 0 Å². The average molecular weight is 322 g/mol. The van der Waals surface area contributed by atoms with Crippen molar-refractivity contribution in [1.82, 2.24) is 9.80 Å². The van der Waals surface area contributed by atoms with Gasteiger partial charge in [-0.25, -0.2) is 0 Å². The van der Waals surface area contributed by atoms with Crippen LogP contribution < -0.4 is 0 Å². The van der Waals surface area contributed by atoms with Crippen LogP contribution in [0.3, 0.4) is 0 Å². The maximum absolute atomic E-state index is 12.4. The lowest BCUT2D eigenvalue weighted by molar-refractivity contribution is -0.131. The number of piperazine rings is 1. The smallest absolute Gasteiger partial charge is 0.232 e. The summed E-state index contributed by atoms with van der Waals surface area (Å²) in [5.74, 6) is 1.63. The molecule has 0 saturated carbocycles. The standard InChI is InChI=1S/C17H26N2O2S/c1-14-5-3-4-6-15(14)12-22-13-17(21)19-9-8-18(2)16(11-19)7-10-20/h3-6,16,20H,7-13H2,1-2H3/t16-/m0/s1. The zero-order chi connectivity index (χ0) is 15.9. The molecular weight excluding hydrogens is 296 g/mol. The predicted octanol–water partition coefficient (Wildman–Crippen LogP) is 1.75. The zero-order valence-corrected chi connectivity index (χ0v) is 14.3. The normalized spacial score (nSPS) is 19.4. The Hall–Kier alpha value is -1.04. The molecule has 1 fully saturated rings. The third-order valence-corrected chi connectivity index (χ3v) is 5.30. The number of benzene rings is 1. The summed E-state index contributed by atoms with van der Waals surface area (Å²) in [6.07, 6.45) is 0.733.